The van der Waals surface area contributed by atoms with E-state index in [-0.39, 0.29) is 11.9 Å². The van der Waals surface area contributed by atoms with Crippen LogP contribution in [0.4, 0.5) is 0 Å². The first-order chi connectivity index (χ1) is 12.2. The van der Waals surface area contributed by atoms with Gasteiger partial charge in [0, 0.05) is 18.5 Å². The molecule has 1 atom stereocenters. The molecule has 0 saturated carbocycles. The number of furan rings is 1. The number of likely N-dealkylation sites (tertiary alicyclic amines) is 1. The van der Waals surface area contributed by atoms with Crippen LogP contribution >= 0.6 is 11.8 Å². The van der Waals surface area contributed by atoms with Gasteiger partial charge < -0.3 is 9.73 Å². The van der Waals surface area contributed by atoms with Crippen LogP contribution in [-0.4, -0.2) is 41.2 Å². The first kappa shape index (κ1) is 18.0. The van der Waals surface area contributed by atoms with Crippen molar-refractivity contribution < 1.29 is 9.21 Å². The Morgan fingerprint density at radius 3 is 2.88 bits per heavy atom. The quantitative estimate of drug-likeness (QED) is 0.603. The SMILES string of the molecule is C[C@@H](c1ccc(C(=O)NCCSc2ccccn2)o1)N1CCCCC1. The summed E-state index contributed by atoms with van der Waals surface area (Å²) in [5, 5.41) is 3.87. The fourth-order valence-electron chi connectivity index (χ4n) is 3.02. The van der Waals surface area contributed by atoms with Gasteiger partial charge in [0.2, 0.25) is 0 Å². The Bertz CT molecular complexity index is 668. The van der Waals surface area contributed by atoms with E-state index in [1.54, 1.807) is 24.0 Å². The molecule has 2 aromatic rings. The maximum Gasteiger partial charge on any atom is 0.287 e. The molecule has 1 saturated heterocycles. The van der Waals surface area contributed by atoms with E-state index in [2.05, 4.69) is 22.1 Å². The highest BCUT2D eigenvalue weighted by molar-refractivity contribution is 7.99. The Morgan fingerprint density at radius 2 is 2.12 bits per heavy atom. The van der Waals surface area contributed by atoms with Gasteiger partial charge in [0.05, 0.1) is 11.1 Å². The summed E-state index contributed by atoms with van der Waals surface area (Å²) in [6.07, 6.45) is 5.57. The molecule has 0 bridgehead atoms. The average Bonchev–Trinajstić information content (AvgIpc) is 3.16. The summed E-state index contributed by atoms with van der Waals surface area (Å²) in [6.45, 7) is 4.94. The summed E-state index contributed by atoms with van der Waals surface area (Å²) >= 11 is 1.62. The monoisotopic (exact) mass is 359 g/mol. The van der Waals surface area contributed by atoms with Crippen LogP contribution in [0.15, 0.2) is 46.0 Å². The van der Waals surface area contributed by atoms with Gasteiger partial charge >= 0.3 is 0 Å². The standard InChI is InChI=1S/C19H25N3O2S/c1-15(22-12-5-2-6-13-22)16-8-9-17(24-16)19(23)21-11-14-25-18-7-3-4-10-20-18/h3-4,7-10,15H,2,5-6,11-14H2,1H3,(H,21,23)/t15-/m0/s1. The molecule has 0 unspecified atom stereocenters. The number of piperidine rings is 1. The zero-order valence-corrected chi connectivity index (χ0v) is 15.4. The molecule has 0 spiro atoms. The number of thioether (sulfide) groups is 1. The first-order valence-electron chi connectivity index (χ1n) is 8.90. The largest absolute Gasteiger partial charge is 0.454 e. The molecule has 0 aliphatic carbocycles. The number of carbonyl (C=O) groups is 1. The lowest BCUT2D eigenvalue weighted by Gasteiger charge is -2.31. The number of nitrogens with zero attached hydrogens (tertiary/aromatic N) is 2. The van der Waals surface area contributed by atoms with Crippen LogP contribution in [0.2, 0.25) is 0 Å². The summed E-state index contributed by atoms with van der Waals surface area (Å²) in [5.74, 6) is 1.89. The molecule has 2 aromatic heterocycles. The third kappa shape index (κ3) is 5.09. The maximum absolute atomic E-state index is 12.2. The van der Waals surface area contributed by atoms with Gasteiger partial charge in [-0.05, 0) is 57.1 Å². The molecule has 5 nitrogen and oxygen atoms in total. The van der Waals surface area contributed by atoms with E-state index in [1.807, 2.05) is 24.3 Å². The molecule has 1 aliphatic rings. The molecule has 134 valence electrons. The van der Waals surface area contributed by atoms with Crippen LogP contribution in [-0.2, 0) is 0 Å². The van der Waals surface area contributed by atoms with Crippen molar-refractivity contribution in [1.82, 2.24) is 15.2 Å². The number of nitrogens with one attached hydrogen (secondary N) is 1. The molecule has 1 amide bonds. The van der Waals surface area contributed by atoms with Gasteiger partial charge in [-0.15, -0.1) is 11.8 Å². The first-order valence-corrected chi connectivity index (χ1v) is 9.88. The average molecular weight is 359 g/mol. The number of hydrogen-bond acceptors (Lipinski definition) is 5. The summed E-state index contributed by atoms with van der Waals surface area (Å²) < 4.78 is 5.80. The third-order valence-corrected chi connectivity index (χ3v) is 5.42. The van der Waals surface area contributed by atoms with Gasteiger partial charge in [-0.25, -0.2) is 4.98 Å². The van der Waals surface area contributed by atoms with Crippen molar-refractivity contribution in [2.75, 3.05) is 25.4 Å². The van der Waals surface area contributed by atoms with Crippen LogP contribution in [0.3, 0.4) is 0 Å². The molecule has 3 heterocycles. The van der Waals surface area contributed by atoms with Crippen molar-refractivity contribution in [1.29, 1.82) is 0 Å². The van der Waals surface area contributed by atoms with Crippen LogP contribution in [0.5, 0.6) is 0 Å². The van der Waals surface area contributed by atoms with Crippen LogP contribution in [0, 0.1) is 0 Å². The Kier molecular flexibility index (Phi) is 6.53. The summed E-state index contributed by atoms with van der Waals surface area (Å²) in [7, 11) is 0. The van der Waals surface area contributed by atoms with E-state index >= 15 is 0 Å². The molecule has 25 heavy (non-hydrogen) atoms. The topological polar surface area (TPSA) is 58.4 Å². The second-order valence-corrected chi connectivity index (χ2v) is 7.36. The fourth-order valence-corrected chi connectivity index (χ4v) is 3.75. The number of carbonyl (C=O) groups excluding carboxylic acids is 1. The van der Waals surface area contributed by atoms with E-state index in [1.165, 1.54) is 19.3 Å². The van der Waals surface area contributed by atoms with Crippen LogP contribution < -0.4 is 5.32 Å². The second-order valence-electron chi connectivity index (χ2n) is 6.25. The zero-order valence-electron chi connectivity index (χ0n) is 14.6. The highest BCUT2D eigenvalue weighted by Gasteiger charge is 2.22. The van der Waals surface area contributed by atoms with Crippen molar-refractivity contribution in [3.05, 3.63) is 48.0 Å². The van der Waals surface area contributed by atoms with Gasteiger partial charge in [-0.1, -0.05) is 12.5 Å². The summed E-state index contributed by atoms with van der Waals surface area (Å²) in [4.78, 5) is 18.9. The minimum absolute atomic E-state index is 0.154. The predicted octanol–water partition coefficient (Wildman–Crippen LogP) is 3.74. The summed E-state index contributed by atoms with van der Waals surface area (Å²) in [6, 6.07) is 9.75. The fraction of sp³-hybridized carbons (Fsp3) is 0.474. The number of amides is 1. The molecule has 0 aromatic carbocycles. The highest BCUT2D eigenvalue weighted by Crippen LogP contribution is 2.25. The molecule has 6 heteroatoms. The minimum atomic E-state index is -0.154. The number of rotatable bonds is 7. The highest BCUT2D eigenvalue weighted by atomic mass is 32.2. The molecule has 1 fully saturated rings. The molecule has 3 rings (SSSR count). The van der Waals surface area contributed by atoms with Crippen LogP contribution in [0.25, 0.3) is 0 Å². The van der Waals surface area contributed by atoms with E-state index < -0.39 is 0 Å². The van der Waals surface area contributed by atoms with E-state index in [4.69, 9.17) is 4.42 Å². The minimum Gasteiger partial charge on any atom is -0.454 e. The smallest absolute Gasteiger partial charge is 0.287 e. The number of hydrogen-bond donors (Lipinski definition) is 1. The van der Waals surface area contributed by atoms with Crippen molar-refractivity contribution in [3.63, 3.8) is 0 Å². The van der Waals surface area contributed by atoms with Crippen molar-refractivity contribution >= 4 is 17.7 Å². The van der Waals surface area contributed by atoms with Gasteiger partial charge in [0.25, 0.3) is 5.91 Å². The summed E-state index contributed by atoms with van der Waals surface area (Å²) in [5.41, 5.74) is 0. The lowest BCUT2D eigenvalue weighted by molar-refractivity contribution is 0.0919. The Hall–Kier alpha value is -1.79. The molecular weight excluding hydrogens is 334 g/mol. The Balaban J connectivity index is 1.45. The normalized spacial score (nSPS) is 16.5. The molecule has 0 radical (unpaired) electrons. The lowest BCUT2D eigenvalue weighted by atomic mass is 10.1. The lowest BCUT2D eigenvalue weighted by Crippen LogP contribution is -2.32. The van der Waals surface area contributed by atoms with E-state index in [9.17, 15) is 4.79 Å². The van der Waals surface area contributed by atoms with Gasteiger partial charge in [-0.2, -0.15) is 0 Å². The molecular formula is C19H25N3O2S. The van der Waals surface area contributed by atoms with Crippen molar-refractivity contribution in [3.8, 4) is 0 Å². The molecule has 1 N–H and O–H groups in total. The van der Waals surface area contributed by atoms with E-state index in [0.717, 1.165) is 29.6 Å². The maximum atomic E-state index is 12.2. The Morgan fingerprint density at radius 1 is 1.28 bits per heavy atom. The van der Waals surface area contributed by atoms with Gasteiger partial charge in [-0.3, -0.25) is 9.69 Å². The van der Waals surface area contributed by atoms with Crippen LogP contribution in [0.1, 0.15) is 48.5 Å². The Labute approximate surface area is 153 Å². The zero-order chi connectivity index (χ0) is 17.5. The second kappa shape index (κ2) is 9.06. The van der Waals surface area contributed by atoms with Crippen molar-refractivity contribution in [2.45, 2.75) is 37.3 Å². The van der Waals surface area contributed by atoms with Crippen molar-refractivity contribution in [2.24, 2.45) is 0 Å². The number of pyridine rings is 1. The number of aromatic nitrogens is 1. The molecule has 1 aliphatic heterocycles. The van der Waals surface area contributed by atoms with Gasteiger partial charge in [0.1, 0.15) is 5.76 Å². The van der Waals surface area contributed by atoms with E-state index in [0.29, 0.717) is 12.3 Å². The predicted molar refractivity (Wildman–Crippen MR) is 99.8 cm³/mol. The third-order valence-electron chi connectivity index (χ3n) is 4.48. The van der Waals surface area contributed by atoms with Gasteiger partial charge in [0.15, 0.2) is 5.76 Å².